The second-order valence-corrected chi connectivity index (χ2v) is 6.12. The molecule has 1 atom stereocenters. The van der Waals surface area contributed by atoms with Crippen molar-refractivity contribution in [3.63, 3.8) is 0 Å². The molecule has 4 nitrogen and oxygen atoms in total. The topological polar surface area (TPSA) is 58.0 Å². The predicted molar refractivity (Wildman–Crippen MR) is 85.7 cm³/mol. The van der Waals surface area contributed by atoms with Crippen LogP contribution in [0.5, 0.6) is 0 Å². The number of fused-ring (bicyclic) bond motifs is 2. The summed E-state index contributed by atoms with van der Waals surface area (Å²) in [6, 6.07) is 12.3. The van der Waals surface area contributed by atoms with Crippen LogP contribution in [0.1, 0.15) is 23.6 Å². The lowest BCUT2D eigenvalue weighted by Gasteiger charge is -2.15. The van der Waals surface area contributed by atoms with Crippen LogP contribution in [0.2, 0.25) is 0 Å². The van der Waals surface area contributed by atoms with E-state index in [2.05, 4.69) is 44.4 Å². The van der Waals surface area contributed by atoms with Gasteiger partial charge in [-0.2, -0.15) is 0 Å². The number of hydrogen-bond acceptors (Lipinski definition) is 3. The van der Waals surface area contributed by atoms with Gasteiger partial charge in [0.25, 0.3) is 0 Å². The molecule has 0 aliphatic heterocycles. The van der Waals surface area contributed by atoms with E-state index in [9.17, 15) is 4.79 Å². The molecule has 1 aliphatic rings. The van der Waals surface area contributed by atoms with Gasteiger partial charge in [0.15, 0.2) is 5.58 Å². The van der Waals surface area contributed by atoms with E-state index in [4.69, 9.17) is 4.42 Å². The SMILES string of the molecule is O=c1[nH]c2cc(NC3CCc4c(Br)cccc43)ccc2o1. The lowest BCUT2D eigenvalue weighted by Crippen LogP contribution is -2.06. The van der Waals surface area contributed by atoms with Crippen LogP contribution in [0, 0.1) is 0 Å². The number of aromatic nitrogens is 1. The van der Waals surface area contributed by atoms with Gasteiger partial charge in [-0.15, -0.1) is 0 Å². The van der Waals surface area contributed by atoms with Gasteiger partial charge in [0.05, 0.1) is 11.6 Å². The van der Waals surface area contributed by atoms with E-state index < -0.39 is 5.76 Å². The fourth-order valence-corrected chi connectivity index (χ4v) is 3.58. The Morgan fingerprint density at radius 3 is 3.10 bits per heavy atom. The fourth-order valence-electron chi connectivity index (χ4n) is 3.00. The molecule has 2 N–H and O–H groups in total. The minimum atomic E-state index is -0.419. The second kappa shape index (κ2) is 4.77. The summed E-state index contributed by atoms with van der Waals surface area (Å²) < 4.78 is 6.20. The molecule has 1 heterocycles. The third-order valence-electron chi connectivity index (χ3n) is 3.97. The van der Waals surface area contributed by atoms with Crippen molar-refractivity contribution in [1.82, 2.24) is 4.98 Å². The van der Waals surface area contributed by atoms with Crippen LogP contribution in [0.15, 0.2) is 50.1 Å². The molecule has 0 spiro atoms. The number of halogens is 1. The maximum absolute atomic E-state index is 11.2. The third-order valence-corrected chi connectivity index (χ3v) is 4.72. The number of H-pyrrole nitrogens is 1. The smallest absolute Gasteiger partial charge is 0.408 e. The zero-order valence-electron chi connectivity index (χ0n) is 11.2. The molecule has 0 radical (unpaired) electrons. The predicted octanol–water partition coefficient (Wildman–Crippen LogP) is 3.98. The standard InChI is InChI=1S/C16H13BrN2O2/c17-12-3-1-2-11-10(12)5-6-13(11)18-9-4-7-15-14(8-9)19-16(20)21-15/h1-4,7-8,13,18H,5-6H2,(H,19,20). The number of anilines is 1. The van der Waals surface area contributed by atoms with E-state index in [0.717, 1.165) is 24.0 Å². The van der Waals surface area contributed by atoms with E-state index in [1.165, 1.54) is 15.6 Å². The van der Waals surface area contributed by atoms with Crippen LogP contribution < -0.4 is 11.1 Å². The van der Waals surface area contributed by atoms with E-state index in [-0.39, 0.29) is 0 Å². The van der Waals surface area contributed by atoms with Crippen LogP contribution in [-0.2, 0) is 6.42 Å². The summed E-state index contributed by atoms with van der Waals surface area (Å²) in [4.78, 5) is 13.9. The first-order chi connectivity index (χ1) is 10.2. The minimum Gasteiger partial charge on any atom is -0.408 e. The summed E-state index contributed by atoms with van der Waals surface area (Å²) in [5.74, 6) is -0.419. The molecular weight excluding hydrogens is 332 g/mol. The van der Waals surface area contributed by atoms with E-state index in [1.807, 2.05) is 18.2 Å². The van der Waals surface area contributed by atoms with Gasteiger partial charge in [-0.05, 0) is 48.2 Å². The van der Waals surface area contributed by atoms with Gasteiger partial charge in [0.1, 0.15) is 0 Å². The molecule has 0 saturated carbocycles. The van der Waals surface area contributed by atoms with Crippen molar-refractivity contribution in [3.05, 3.63) is 62.5 Å². The molecule has 0 bridgehead atoms. The van der Waals surface area contributed by atoms with Gasteiger partial charge < -0.3 is 9.73 Å². The largest absolute Gasteiger partial charge is 0.417 e. The van der Waals surface area contributed by atoms with Crippen LogP contribution in [0.3, 0.4) is 0 Å². The van der Waals surface area contributed by atoms with Gasteiger partial charge in [0.2, 0.25) is 0 Å². The molecule has 1 aliphatic carbocycles. The Labute approximate surface area is 129 Å². The first kappa shape index (κ1) is 12.7. The maximum atomic E-state index is 11.2. The number of oxazole rings is 1. The number of aromatic amines is 1. The zero-order valence-corrected chi connectivity index (χ0v) is 12.7. The Hall–Kier alpha value is -2.01. The minimum absolute atomic E-state index is 0.300. The molecule has 2 aromatic carbocycles. The molecule has 0 amide bonds. The van der Waals surface area contributed by atoms with Gasteiger partial charge in [-0.25, -0.2) is 4.79 Å². The molecule has 5 heteroatoms. The van der Waals surface area contributed by atoms with Gasteiger partial charge >= 0.3 is 5.76 Å². The normalized spacial score (nSPS) is 17.1. The van der Waals surface area contributed by atoms with E-state index in [0.29, 0.717) is 11.6 Å². The lowest BCUT2D eigenvalue weighted by atomic mass is 10.1. The lowest BCUT2D eigenvalue weighted by molar-refractivity contribution is 0.555. The summed E-state index contributed by atoms with van der Waals surface area (Å²) in [6.07, 6.45) is 2.14. The highest BCUT2D eigenvalue weighted by atomic mass is 79.9. The molecule has 21 heavy (non-hydrogen) atoms. The summed E-state index contributed by atoms with van der Waals surface area (Å²) in [6.45, 7) is 0. The Morgan fingerprint density at radius 1 is 1.29 bits per heavy atom. The van der Waals surface area contributed by atoms with Crippen LogP contribution in [0.25, 0.3) is 11.1 Å². The van der Waals surface area contributed by atoms with Crippen molar-refractivity contribution >= 4 is 32.7 Å². The molecule has 4 rings (SSSR count). The highest BCUT2D eigenvalue weighted by Gasteiger charge is 2.23. The number of benzene rings is 2. The average Bonchev–Trinajstić information content (AvgIpc) is 3.02. The summed E-state index contributed by atoms with van der Waals surface area (Å²) in [7, 11) is 0. The van der Waals surface area contributed by atoms with E-state index >= 15 is 0 Å². The zero-order chi connectivity index (χ0) is 14.4. The first-order valence-corrected chi connectivity index (χ1v) is 7.67. The number of hydrogen-bond donors (Lipinski definition) is 2. The maximum Gasteiger partial charge on any atom is 0.417 e. The molecule has 1 unspecified atom stereocenters. The van der Waals surface area contributed by atoms with Crippen molar-refractivity contribution in [3.8, 4) is 0 Å². The van der Waals surface area contributed by atoms with Crippen molar-refractivity contribution in [2.24, 2.45) is 0 Å². The molecule has 0 saturated heterocycles. The van der Waals surface area contributed by atoms with Crippen molar-refractivity contribution < 1.29 is 4.42 Å². The Bertz CT molecular complexity index is 881. The van der Waals surface area contributed by atoms with Gasteiger partial charge in [-0.3, -0.25) is 4.98 Å². The molecular formula is C16H13BrN2O2. The summed E-state index contributed by atoms with van der Waals surface area (Å²) >= 11 is 3.62. The van der Waals surface area contributed by atoms with Crippen LogP contribution in [-0.4, -0.2) is 4.98 Å². The second-order valence-electron chi connectivity index (χ2n) is 5.27. The molecule has 0 fully saturated rings. The van der Waals surface area contributed by atoms with Gasteiger partial charge in [-0.1, -0.05) is 28.1 Å². The number of rotatable bonds is 2. The van der Waals surface area contributed by atoms with Crippen LogP contribution in [0.4, 0.5) is 5.69 Å². The van der Waals surface area contributed by atoms with Crippen molar-refractivity contribution in [1.29, 1.82) is 0 Å². The highest BCUT2D eigenvalue weighted by Crippen LogP contribution is 2.37. The van der Waals surface area contributed by atoms with Crippen molar-refractivity contribution in [2.75, 3.05) is 5.32 Å². The Kier molecular flexibility index (Phi) is 2.89. The quantitative estimate of drug-likeness (QED) is 0.739. The Morgan fingerprint density at radius 2 is 2.19 bits per heavy atom. The molecule has 106 valence electrons. The molecule has 3 aromatic rings. The summed E-state index contributed by atoms with van der Waals surface area (Å²) in [5.41, 5.74) is 5.01. The van der Waals surface area contributed by atoms with E-state index in [1.54, 1.807) is 0 Å². The average molecular weight is 345 g/mol. The third kappa shape index (κ3) is 2.17. The van der Waals surface area contributed by atoms with Crippen molar-refractivity contribution in [2.45, 2.75) is 18.9 Å². The Balaban J connectivity index is 1.67. The number of nitrogens with one attached hydrogen (secondary N) is 2. The monoisotopic (exact) mass is 344 g/mol. The first-order valence-electron chi connectivity index (χ1n) is 6.87. The fraction of sp³-hybridized carbons (Fsp3) is 0.188. The highest BCUT2D eigenvalue weighted by molar-refractivity contribution is 9.10. The van der Waals surface area contributed by atoms with Gasteiger partial charge in [0, 0.05) is 10.2 Å². The molecule has 1 aromatic heterocycles. The van der Waals surface area contributed by atoms with Crippen LogP contribution >= 0.6 is 15.9 Å². The summed E-state index contributed by atoms with van der Waals surface area (Å²) in [5, 5.41) is 3.54.